The van der Waals surface area contributed by atoms with E-state index in [0.29, 0.717) is 5.69 Å². The molecule has 0 aliphatic carbocycles. The molecule has 132 valence electrons. The minimum atomic E-state index is -0.164. The van der Waals surface area contributed by atoms with Gasteiger partial charge in [0, 0.05) is 30.7 Å². The van der Waals surface area contributed by atoms with Crippen LogP contribution in [0.15, 0.2) is 42.6 Å². The predicted molar refractivity (Wildman–Crippen MR) is 103 cm³/mol. The van der Waals surface area contributed by atoms with Gasteiger partial charge < -0.3 is 10.2 Å². The highest BCUT2D eigenvalue weighted by atomic mass is 16.1. The highest BCUT2D eigenvalue weighted by Gasteiger charge is 2.15. The molecule has 1 aliphatic heterocycles. The number of carbonyl (C=O) groups is 1. The zero-order chi connectivity index (χ0) is 17.9. The van der Waals surface area contributed by atoms with Gasteiger partial charge in [-0.3, -0.25) is 9.78 Å². The summed E-state index contributed by atoms with van der Waals surface area (Å²) in [5.41, 5.74) is 3.69. The standard InChI is InChI=1S/C21H27N3O/c1-21(2,3)16-7-9-17(10-8-16)23-20(25)19-15-18(11-12-22-19)24-13-5-4-6-14-24/h7-12,15H,4-6,13-14H2,1-3H3,(H,23,25). The van der Waals surface area contributed by atoms with E-state index in [1.165, 1.54) is 24.8 Å². The fraction of sp³-hybridized carbons (Fsp3) is 0.429. The summed E-state index contributed by atoms with van der Waals surface area (Å²) in [5.74, 6) is -0.164. The number of anilines is 2. The summed E-state index contributed by atoms with van der Waals surface area (Å²) in [5, 5.41) is 2.95. The highest BCUT2D eigenvalue weighted by Crippen LogP contribution is 2.24. The third-order valence-electron chi connectivity index (χ3n) is 4.71. The number of carbonyl (C=O) groups excluding carboxylic acids is 1. The van der Waals surface area contributed by atoms with Crippen molar-refractivity contribution in [2.45, 2.75) is 45.4 Å². The van der Waals surface area contributed by atoms with Crippen molar-refractivity contribution in [1.82, 2.24) is 4.98 Å². The third-order valence-corrected chi connectivity index (χ3v) is 4.71. The molecular weight excluding hydrogens is 310 g/mol. The molecule has 0 spiro atoms. The van der Waals surface area contributed by atoms with Crippen molar-refractivity contribution in [3.8, 4) is 0 Å². The highest BCUT2D eigenvalue weighted by molar-refractivity contribution is 6.03. The molecule has 1 N–H and O–H groups in total. The van der Waals surface area contributed by atoms with Gasteiger partial charge in [0.05, 0.1) is 0 Å². The first-order valence-electron chi connectivity index (χ1n) is 9.06. The van der Waals surface area contributed by atoms with Crippen LogP contribution < -0.4 is 10.2 Å². The average Bonchev–Trinajstić information content (AvgIpc) is 2.62. The Labute approximate surface area is 150 Å². The molecule has 1 aromatic heterocycles. The van der Waals surface area contributed by atoms with E-state index in [-0.39, 0.29) is 11.3 Å². The first kappa shape index (κ1) is 17.5. The Morgan fingerprint density at radius 1 is 1.04 bits per heavy atom. The molecule has 25 heavy (non-hydrogen) atoms. The van der Waals surface area contributed by atoms with Crippen molar-refractivity contribution in [2.24, 2.45) is 0 Å². The molecule has 4 nitrogen and oxygen atoms in total. The lowest BCUT2D eigenvalue weighted by molar-refractivity contribution is 0.102. The molecule has 0 radical (unpaired) electrons. The van der Waals surface area contributed by atoms with E-state index in [2.05, 4.69) is 48.1 Å². The number of piperidine rings is 1. The molecule has 2 aromatic rings. The van der Waals surface area contributed by atoms with Crippen LogP contribution in [0.4, 0.5) is 11.4 Å². The number of hydrogen-bond acceptors (Lipinski definition) is 3. The topological polar surface area (TPSA) is 45.2 Å². The molecule has 3 rings (SSSR count). The molecule has 1 saturated heterocycles. The normalized spacial score (nSPS) is 15.1. The minimum absolute atomic E-state index is 0.104. The second-order valence-corrected chi connectivity index (χ2v) is 7.73. The molecule has 2 heterocycles. The van der Waals surface area contributed by atoms with E-state index in [1.807, 2.05) is 24.3 Å². The first-order valence-corrected chi connectivity index (χ1v) is 9.06. The quantitative estimate of drug-likeness (QED) is 0.889. The Morgan fingerprint density at radius 3 is 2.36 bits per heavy atom. The minimum Gasteiger partial charge on any atom is -0.371 e. The van der Waals surface area contributed by atoms with E-state index in [1.54, 1.807) is 6.20 Å². The van der Waals surface area contributed by atoms with Gasteiger partial charge in [0.15, 0.2) is 0 Å². The number of hydrogen-bond donors (Lipinski definition) is 1. The Bertz CT molecular complexity index is 726. The SMILES string of the molecule is CC(C)(C)c1ccc(NC(=O)c2cc(N3CCCCC3)ccn2)cc1. The lowest BCUT2D eigenvalue weighted by Gasteiger charge is -2.28. The van der Waals surface area contributed by atoms with E-state index in [4.69, 9.17) is 0 Å². The molecule has 1 aliphatic rings. The molecule has 1 aromatic carbocycles. The van der Waals surface area contributed by atoms with Gasteiger partial charge in [0.2, 0.25) is 0 Å². The van der Waals surface area contributed by atoms with Crippen LogP contribution in [0, 0.1) is 0 Å². The Hall–Kier alpha value is -2.36. The van der Waals surface area contributed by atoms with Crippen LogP contribution in [0.2, 0.25) is 0 Å². The maximum Gasteiger partial charge on any atom is 0.274 e. The number of pyridine rings is 1. The zero-order valence-corrected chi connectivity index (χ0v) is 15.4. The molecule has 4 heteroatoms. The number of rotatable bonds is 3. The van der Waals surface area contributed by atoms with E-state index in [9.17, 15) is 4.79 Å². The zero-order valence-electron chi connectivity index (χ0n) is 15.4. The molecule has 0 unspecified atom stereocenters. The summed E-state index contributed by atoms with van der Waals surface area (Å²) in [6, 6.07) is 11.9. The van der Waals surface area contributed by atoms with Gasteiger partial charge in [-0.05, 0) is 54.5 Å². The summed E-state index contributed by atoms with van der Waals surface area (Å²) in [4.78, 5) is 19.1. The molecule has 1 amide bonds. The van der Waals surface area contributed by atoms with Crippen molar-refractivity contribution in [3.05, 3.63) is 53.9 Å². The lowest BCUT2D eigenvalue weighted by Crippen LogP contribution is -2.29. The van der Waals surface area contributed by atoms with Gasteiger partial charge >= 0.3 is 0 Å². The summed E-state index contributed by atoms with van der Waals surface area (Å²) in [7, 11) is 0. The number of aromatic nitrogens is 1. The predicted octanol–water partition coefficient (Wildman–Crippen LogP) is 4.62. The molecular formula is C21H27N3O. The Morgan fingerprint density at radius 2 is 1.72 bits per heavy atom. The largest absolute Gasteiger partial charge is 0.371 e. The van der Waals surface area contributed by atoms with Gasteiger partial charge in [-0.25, -0.2) is 0 Å². The van der Waals surface area contributed by atoms with Crippen molar-refractivity contribution in [2.75, 3.05) is 23.3 Å². The molecule has 0 atom stereocenters. The number of benzene rings is 1. The smallest absolute Gasteiger partial charge is 0.274 e. The van der Waals surface area contributed by atoms with E-state index in [0.717, 1.165) is 24.5 Å². The van der Waals surface area contributed by atoms with Crippen LogP contribution in [-0.2, 0) is 5.41 Å². The average molecular weight is 337 g/mol. The Balaban J connectivity index is 1.70. The van der Waals surface area contributed by atoms with Crippen LogP contribution in [0.3, 0.4) is 0 Å². The van der Waals surface area contributed by atoms with Gasteiger partial charge in [0.25, 0.3) is 5.91 Å². The number of nitrogens with zero attached hydrogens (tertiary/aromatic N) is 2. The molecule has 0 bridgehead atoms. The second kappa shape index (κ2) is 7.26. The second-order valence-electron chi connectivity index (χ2n) is 7.73. The number of nitrogens with one attached hydrogen (secondary N) is 1. The van der Waals surface area contributed by atoms with Crippen molar-refractivity contribution in [1.29, 1.82) is 0 Å². The van der Waals surface area contributed by atoms with Crippen molar-refractivity contribution >= 4 is 17.3 Å². The fourth-order valence-corrected chi connectivity index (χ4v) is 3.14. The maximum atomic E-state index is 12.5. The van der Waals surface area contributed by atoms with Gasteiger partial charge in [0.1, 0.15) is 5.69 Å². The Kier molecular flexibility index (Phi) is 5.07. The van der Waals surface area contributed by atoms with E-state index < -0.39 is 0 Å². The van der Waals surface area contributed by atoms with Crippen molar-refractivity contribution in [3.63, 3.8) is 0 Å². The first-order chi connectivity index (χ1) is 11.9. The van der Waals surface area contributed by atoms with Crippen LogP contribution in [-0.4, -0.2) is 24.0 Å². The van der Waals surface area contributed by atoms with Gasteiger partial charge in [-0.15, -0.1) is 0 Å². The maximum absolute atomic E-state index is 12.5. The van der Waals surface area contributed by atoms with Crippen molar-refractivity contribution < 1.29 is 4.79 Å². The van der Waals surface area contributed by atoms with Crippen LogP contribution in [0.1, 0.15) is 56.1 Å². The van der Waals surface area contributed by atoms with Gasteiger partial charge in [-0.1, -0.05) is 32.9 Å². The van der Waals surface area contributed by atoms with Crippen LogP contribution >= 0.6 is 0 Å². The van der Waals surface area contributed by atoms with Crippen LogP contribution in [0.25, 0.3) is 0 Å². The molecule has 1 fully saturated rings. The summed E-state index contributed by atoms with van der Waals surface area (Å²) in [6.45, 7) is 8.64. The van der Waals surface area contributed by atoms with E-state index >= 15 is 0 Å². The fourth-order valence-electron chi connectivity index (χ4n) is 3.14. The van der Waals surface area contributed by atoms with Crippen LogP contribution in [0.5, 0.6) is 0 Å². The van der Waals surface area contributed by atoms with Gasteiger partial charge in [-0.2, -0.15) is 0 Å². The summed E-state index contributed by atoms with van der Waals surface area (Å²) in [6.07, 6.45) is 5.44. The molecule has 0 saturated carbocycles. The monoisotopic (exact) mass is 337 g/mol. The lowest BCUT2D eigenvalue weighted by atomic mass is 9.87. The third kappa shape index (κ3) is 4.38. The summed E-state index contributed by atoms with van der Waals surface area (Å²) >= 11 is 0. The summed E-state index contributed by atoms with van der Waals surface area (Å²) < 4.78 is 0. The number of amides is 1.